The van der Waals surface area contributed by atoms with E-state index in [1.165, 1.54) is 0 Å². The Kier molecular flexibility index (Phi) is 5.33. The van der Waals surface area contributed by atoms with E-state index < -0.39 is 6.10 Å². The first-order chi connectivity index (χ1) is 10.5. The van der Waals surface area contributed by atoms with Gasteiger partial charge in [-0.1, -0.05) is 30.3 Å². The molecule has 0 aliphatic heterocycles. The van der Waals surface area contributed by atoms with Crippen LogP contribution in [0.2, 0.25) is 0 Å². The highest BCUT2D eigenvalue weighted by atomic mass is 16.3. The van der Waals surface area contributed by atoms with Crippen LogP contribution < -0.4 is 5.32 Å². The lowest BCUT2D eigenvalue weighted by Crippen LogP contribution is -2.42. The second-order valence-corrected chi connectivity index (χ2v) is 5.70. The molecule has 0 aliphatic rings. The molecule has 0 saturated heterocycles. The molecular formula is C17H23N3O2. The number of hydrogen-bond donors (Lipinski definition) is 3. The van der Waals surface area contributed by atoms with Crippen molar-refractivity contribution in [1.29, 1.82) is 0 Å². The Morgan fingerprint density at radius 1 is 1.32 bits per heavy atom. The number of aliphatic hydroxyl groups is 1. The number of carbonyl (C=O) groups excluding carboxylic acids is 1. The van der Waals surface area contributed by atoms with Crippen molar-refractivity contribution in [2.24, 2.45) is 0 Å². The van der Waals surface area contributed by atoms with Crippen LogP contribution in [-0.2, 0) is 17.6 Å². The summed E-state index contributed by atoms with van der Waals surface area (Å²) in [6, 6.07) is 9.45. The standard InChI is InChI=1S/C17H23N3O2/c1-11-15(12(2)20-19-11)10-17(22)18-13(3)16(21)9-14-7-5-4-6-8-14/h4-8,13,16,21H,9-10H2,1-3H3,(H,18,22)(H,19,20)/t13-,16+/m1/s1. The Morgan fingerprint density at radius 3 is 2.59 bits per heavy atom. The number of rotatable bonds is 6. The minimum absolute atomic E-state index is 0.104. The quantitative estimate of drug-likeness (QED) is 0.759. The molecular weight excluding hydrogens is 278 g/mol. The van der Waals surface area contributed by atoms with Gasteiger partial charge in [0.1, 0.15) is 0 Å². The minimum atomic E-state index is -0.613. The molecule has 2 atom stereocenters. The van der Waals surface area contributed by atoms with Gasteiger partial charge in [-0.15, -0.1) is 0 Å². The van der Waals surface area contributed by atoms with Crippen LogP contribution in [0.4, 0.5) is 0 Å². The first-order valence-corrected chi connectivity index (χ1v) is 7.49. The monoisotopic (exact) mass is 301 g/mol. The van der Waals surface area contributed by atoms with Crippen molar-refractivity contribution in [3.63, 3.8) is 0 Å². The van der Waals surface area contributed by atoms with Crippen LogP contribution in [0.15, 0.2) is 30.3 Å². The number of benzene rings is 1. The van der Waals surface area contributed by atoms with Gasteiger partial charge in [0, 0.05) is 17.7 Å². The van der Waals surface area contributed by atoms with Crippen LogP contribution in [0.25, 0.3) is 0 Å². The van der Waals surface area contributed by atoms with Crippen molar-refractivity contribution in [2.45, 2.75) is 45.8 Å². The second-order valence-electron chi connectivity index (χ2n) is 5.70. The van der Waals surface area contributed by atoms with E-state index in [9.17, 15) is 9.90 Å². The molecule has 1 amide bonds. The van der Waals surface area contributed by atoms with Gasteiger partial charge in [0.15, 0.2) is 0 Å². The van der Waals surface area contributed by atoms with E-state index in [-0.39, 0.29) is 18.4 Å². The molecule has 1 aromatic heterocycles. The number of aromatic nitrogens is 2. The maximum atomic E-state index is 12.1. The zero-order valence-electron chi connectivity index (χ0n) is 13.3. The summed E-state index contributed by atoms with van der Waals surface area (Å²) >= 11 is 0. The molecule has 5 nitrogen and oxygen atoms in total. The number of aryl methyl sites for hydroxylation is 2. The third-order valence-corrected chi connectivity index (χ3v) is 3.87. The Bertz CT molecular complexity index is 603. The van der Waals surface area contributed by atoms with Crippen LogP contribution >= 0.6 is 0 Å². The average Bonchev–Trinajstić information content (AvgIpc) is 2.80. The van der Waals surface area contributed by atoms with Gasteiger partial charge in [-0.3, -0.25) is 9.89 Å². The largest absolute Gasteiger partial charge is 0.391 e. The van der Waals surface area contributed by atoms with E-state index in [1.54, 1.807) is 0 Å². The molecule has 0 bridgehead atoms. The number of nitrogens with one attached hydrogen (secondary N) is 2. The molecule has 118 valence electrons. The van der Waals surface area contributed by atoms with Crippen molar-refractivity contribution >= 4 is 5.91 Å². The summed E-state index contributed by atoms with van der Waals surface area (Å²) in [5.74, 6) is -0.104. The second kappa shape index (κ2) is 7.22. The van der Waals surface area contributed by atoms with Crippen LogP contribution in [0.3, 0.4) is 0 Å². The zero-order valence-corrected chi connectivity index (χ0v) is 13.3. The van der Waals surface area contributed by atoms with Crippen LogP contribution in [-0.4, -0.2) is 33.4 Å². The van der Waals surface area contributed by atoms with Gasteiger partial charge < -0.3 is 10.4 Å². The number of nitrogens with zero attached hydrogens (tertiary/aromatic N) is 1. The summed E-state index contributed by atoms with van der Waals surface area (Å²) in [4.78, 5) is 12.1. The number of hydrogen-bond acceptors (Lipinski definition) is 3. The lowest BCUT2D eigenvalue weighted by molar-refractivity contribution is -0.121. The highest BCUT2D eigenvalue weighted by Crippen LogP contribution is 2.11. The smallest absolute Gasteiger partial charge is 0.224 e. The molecule has 22 heavy (non-hydrogen) atoms. The van der Waals surface area contributed by atoms with Crippen LogP contribution in [0, 0.1) is 13.8 Å². The Hall–Kier alpha value is -2.14. The summed E-state index contributed by atoms with van der Waals surface area (Å²) < 4.78 is 0. The van der Waals surface area contributed by atoms with Gasteiger partial charge in [-0.2, -0.15) is 5.10 Å². The molecule has 0 fully saturated rings. The van der Waals surface area contributed by atoms with Crippen LogP contribution in [0.1, 0.15) is 29.4 Å². The SMILES string of the molecule is Cc1n[nH]c(C)c1CC(=O)N[C@H](C)[C@@H](O)Cc1ccccc1. The van der Waals surface area contributed by atoms with Gasteiger partial charge >= 0.3 is 0 Å². The summed E-state index contributed by atoms with van der Waals surface area (Å²) in [6.07, 6.45) is 0.181. The van der Waals surface area contributed by atoms with Crippen molar-refractivity contribution in [1.82, 2.24) is 15.5 Å². The van der Waals surface area contributed by atoms with Crippen LogP contribution in [0.5, 0.6) is 0 Å². The maximum Gasteiger partial charge on any atom is 0.224 e. The molecule has 0 aliphatic carbocycles. The van der Waals surface area contributed by atoms with Crippen molar-refractivity contribution in [3.05, 3.63) is 52.8 Å². The predicted molar refractivity (Wildman–Crippen MR) is 85.5 cm³/mol. The lowest BCUT2D eigenvalue weighted by atomic mass is 10.0. The normalized spacial score (nSPS) is 13.6. The topological polar surface area (TPSA) is 78.0 Å². The average molecular weight is 301 g/mol. The first kappa shape index (κ1) is 16.2. The van der Waals surface area contributed by atoms with Gasteiger partial charge in [0.2, 0.25) is 5.91 Å². The number of carbonyl (C=O) groups is 1. The fraction of sp³-hybridized carbons (Fsp3) is 0.412. The third kappa shape index (κ3) is 4.18. The van der Waals surface area contributed by atoms with E-state index in [0.717, 1.165) is 22.5 Å². The molecule has 0 unspecified atom stereocenters. The van der Waals surface area contributed by atoms with Gasteiger partial charge in [0.05, 0.1) is 24.3 Å². The summed E-state index contributed by atoms with van der Waals surface area (Å²) in [5.41, 5.74) is 3.72. The van der Waals surface area contributed by atoms with Gasteiger partial charge in [0.25, 0.3) is 0 Å². The molecule has 3 N–H and O–H groups in total. The van der Waals surface area contributed by atoms with E-state index >= 15 is 0 Å². The fourth-order valence-electron chi connectivity index (χ4n) is 2.43. The van der Waals surface area contributed by atoms with Crippen molar-refractivity contribution < 1.29 is 9.90 Å². The molecule has 5 heteroatoms. The molecule has 0 radical (unpaired) electrons. The van der Waals surface area contributed by atoms with E-state index in [1.807, 2.05) is 51.1 Å². The fourth-order valence-corrected chi connectivity index (χ4v) is 2.43. The van der Waals surface area contributed by atoms with E-state index in [4.69, 9.17) is 0 Å². The minimum Gasteiger partial charge on any atom is -0.391 e. The number of aliphatic hydroxyl groups excluding tert-OH is 1. The molecule has 2 aromatic rings. The molecule has 1 aromatic carbocycles. The molecule has 2 rings (SSSR count). The Morgan fingerprint density at radius 2 is 2.00 bits per heavy atom. The van der Waals surface area contributed by atoms with Gasteiger partial charge in [-0.05, 0) is 26.3 Å². The molecule has 0 spiro atoms. The molecule has 0 saturated carbocycles. The lowest BCUT2D eigenvalue weighted by Gasteiger charge is -2.20. The Balaban J connectivity index is 1.88. The number of H-pyrrole nitrogens is 1. The van der Waals surface area contributed by atoms with Crippen molar-refractivity contribution in [2.75, 3.05) is 0 Å². The number of aromatic amines is 1. The highest BCUT2D eigenvalue weighted by molar-refractivity contribution is 5.79. The van der Waals surface area contributed by atoms with Gasteiger partial charge in [-0.25, -0.2) is 0 Å². The summed E-state index contributed by atoms with van der Waals surface area (Å²) in [7, 11) is 0. The maximum absolute atomic E-state index is 12.1. The van der Waals surface area contributed by atoms with Crippen molar-refractivity contribution in [3.8, 4) is 0 Å². The zero-order chi connectivity index (χ0) is 16.1. The number of amides is 1. The Labute approximate surface area is 130 Å². The predicted octanol–water partition coefficient (Wildman–Crippen LogP) is 1.68. The van der Waals surface area contributed by atoms with E-state index in [0.29, 0.717) is 6.42 Å². The molecule has 1 heterocycles. The first-order valence-electron chi connectivity index (χ1n) is 7.49. The summed E-state index contributed by atoms with van der Waals surface area (Å²) in [5, 5.41) is 20.0. The summed E-state index contributed by atoms with van der Waals surface area (Å²) in [6.45, 7) is 5.59. The van der Waals surface area contributed by atoms with E-state index in [2.05, 4.69) is 15.5 Å². The third-order valence-electron chi connectivity index (χ3n) is 3.87. The highest BCUT2D eigenvalue weighted by Gasteiger charge is 2.18.